The Labute approximate surface area is 81.2 Å². The summed E-state index contributed by atoms with van der Waals surface area (Å²) in [5.41, 5.74) is 0. The van der Waals surface area contributed by atoms with E-state index in [1.165, 1.54) is 0 Å². The zero-order valence-electron chi connectivity index (χ0n) is 6.99. The second-order valence-electron chi connectivity index (χ2n) is 3.34. The van der Waals surface area contributed by atoms with Crippen LogP contribution in [0.4, 0.5) is 13.2 Å². The van der Waals surface area contributed by atoms with Crippen LogP contribution < -0.4 is 21.2 Å². The molecule has 0 saturated carbocycles. The van der Waals surface area contributed by atoms with E-state index in [0.717, 1.165) is 17.3 Å². The third-order valence-electron chi connectivity index (χ3n) is 2.09. The molecule has 0 aromatic heterocycles. The molecule has 0 aromatic carbocycles. The molecule has 4 heteroatoms. The van der Waals surface area contributed by atoms with Gasteiger partial charge in [0.25, 0.3) is 0 Å². The first-order chi connectivity index (χ1) is 5.50. The van der Waals surface area contributed by atoms with Gasteiger partial charge in [0, 0.05) is 0 Å². The molecule has 2 atom stereocenters. The molecular formula is C8H13F3I-. The summed E-state index contributed by atoms with van der Waals surface area (Å²) in [4.78, 5) is 0. The third kappa shape index (κ3) is 3.11. The fourth-order valence-electron chi connectivity index (χ4n) is 1.39. The van der Waals surface area contributed by atoms with Gasteiger partial charge < -0.3 is 0 Å². The maximum absolute atomic E-state index is 12.3. The molecule has 74 valence electrons. The topological polar surface area (TPSA) is 0 Å². The monoisotopic (exact) mass is 293 g/mol. The minimum atomic E-state index is -3.91. The number of hydrogen-bond acceptors (Lipinski definition) is 0. The predicted molar refractivity (Wildman–Crippen MR) is 37.7 cm³/mol. The van der Waals surface area contributed by atoms with Crippen LogP contribution in [-0.4, -0.2) is 14.5 Å². The summed E-state index contributed by atoms with van der Waals surface area (Å²) in [7, 11) is 0. The number of alkyl halides is 5. The Balaban J connectivity index is 2.52. The second-order valence-corrected chi connectivity index (χ2v) is 6.80. The number of hydrogen-bond donors (Lipinski definition) is 0. The Bertz CT molecular complexity index is 144. The van der Waals surface area contributed by atoms with E-state index in [4.69, 9.17) is 0 Å². The van der Waals surface area contributed by atoms with E-state index in [1.807, 2.05) is 6.92 Å². The number of halogens is 4. The van der Waals surface area contributed by atoms with Gasteiger partial charge in [-0.05, 0) is 0 Å². The predicted octanol–water partition coefficient (Wildman–Crippen LogP) is -0.174. The Morgan fingerprint density at radius 2 is 2.00 bits per heavy atom. The Hall–Kier alpha value is 0.520. The van der Waals surface area contributed by atoms with Gasteiger partial charge in [0.15, 0.2) is 0 Å². The average Bonchev–Trinajstić information content (AvgIpc) is 2.11. The van der Waals surface area contributed by atoms with Gasteiger partial charge in [-0.3, -0.25) is 0 Å². The molecule has 0 N–H and O–H groups in total. The average molecular weight is 293 g/mol. The Kier molecular flexibility index (Phi) is 3.67. The van der Waals surface area contributed by atoms with Crippen molar-refractivity contribution in [2.45, 2.75) is 36.3 Å². The van der Waals surface area contributed by atoms with Gasteiger partial charge in [0.2, 0.25) is 0 Å². The summed E-state index contributed by atoms with van der Waals surface area (Å²) in [5.74, 6) is 0.277. The third-order valence-corrected chi connectivity index (χ3v) is 5.75. The molecule has 1 aliphatic heterocycles. The van der Waals surface area contributed by atoms with E-state index in [2.05, 4.69) is 0 Å². The Morgan fingerprint density at radius 1 is 1.33 bits per heavy atom. The molecule has 1 fully saturated rings. The normalized spacial score (nSPS) is 33.7. The Morgan fingerprint density at radius 3 is 2.58 bits per heavy atom. The van der Waals surface area contributed by atoms with Crippen LogP contribution in [0.2, 0.25) is 0 Å². The van der Waals surface area contributed by atoms with Gasteiger partial charge in [-0.2, -0.15) is 0 Å². The van der Waals surface area contributed by atoms with Crippen LogP contribution in [0.3, 0.4) is 0 Å². The van der Waals surface area contributed by atoms with Gasteiger partial charge in [-0.15, -0.1) is 0 Å². The molecule has 0 amide bonds. The van der Waals surface area contributed by atoms with Crippen molar-refractivity contribution in [1.82, 2.24) is 0 Å². The van der Waals surface area contributed by atoms with Crippen LogP contribution in [-0.2, 0) is 0 Å². The van der Waals surface area contributed by atoms with Gasteiger partial charge in [0.05, 0.1) is 0 Å². The van der Waals surface area contributed by atoms with Crippen molar-refractivity contribution < 1.29 is 34.4 Å². The first kappa shape index (κ1) is 10.6. The van der Waals surface area contributed by atoms with Crippen LogP contribution in [0.25, 0.3) is 0 Å². The molecule has 2 unspecified atom stereocenters. The molecule has 0 nitrogen and oxygen atoms in total. The fraction of sp³-hybridized carbons (Fsp3) is 1.00. The molecule has 0 radical (unpaired) electrons. The van der Waals surface area contributed by atoms with Crippen molar-refractivity contribution in [3.05, 3.63) is 0 Å². The van der Waals surface area contributed by atoms with Crippen LogP contribution in [0.1, 0.15) is 26.2 Å². The summed E-state index contributed by atoms with van der Waals surface area (Å²) >= 11 is -0.621. The molecule has 1 saturated heterocycles. The standard InChI is InChI=1S/C8H13F3I/c1-6-3-2-4-12-7(5-6)8(9,10)11/h6-7H,2-5H2,1H3/q-1. The van der Waals surface area contributed by atoms with Crippen molar-refractivity contribution in [3.8, 4) is 0 Å². The van der Waals surface area contributed by atoms with Gasteiger partial charge in [-0.25, -0.2) is 0 Å². The fourth-order valence-corrected chi connectivity index (χ4v) is 4.75. The summed E-state index contributed by atoms with van der Waals surface area (Å²) in [6.07, 6.45) is -1.52. The quantitative estimate of drug-likeness (QED) is 0.430. The van der Waals surface area contributed by atoms with Crippen LogP contribution in [0.15, 0.2) is 0 Å². The van der Waals surface area contributed by atoms with Crippen molar-refractivity contribution >= 4 is 0 Å². The van der Waals surface area contributed by atoms with E-state index < -0.39 is 31.3 Å². The van der Waals surface area contributed by atoms with Crippen molar-refractivity contribution in [2.75, 3.05) is 4.43 Å². The van der Waals surface area contributed by atoms with E-state index >= 15 is 0 Å². The van der Waals surface area contributed by atoms with E-state index in [9.17, 15) is 13.2 Å². The summed E-state index contributed by atoms with van der Waals surface area (Å²) in [6, 6.07) is 0. The van der Waals surface area contributed by atoms with E-state index in [-0.39, 0.29) is 5.92 Å². The van der Waals surface area contributed by atoms with Gasteiger partial charge in [-0.1, -0.05) is 0 Å². The summed E-state index contributed by atoms with van der Waals surface area (Å²) in [6.45, 7) is 1.94. The molecule has 0 bridgehead atoms. The van der Waals surface area contributed by atoms with Gasteiger partial charge >= 0.3 is 81.0 Å². The van der Waals surface area contributed by atoms with Crippen LogP contribution in [0.5, 0.6) is 0 Å². The van der Waals surface area contributed by atoms with Crippen molar-refractivity contribution in [1.29, 1.82) is 0 Å². The summed E-state index contributed by atoms with van der Waals surface area (Å²) < 4.78 is 36.9. The zero-order chi connectivity index (χ0) is 9.19. The van der Waals surface area contributed by atoms with Gasteiger partial charge in [0.1, 0.15) is 0 Å². The van der Waals surface area contributed by atoms with E-state index in [1.54, 1.807) is 0 Å². The molecular weight excluding hydrogens is 280 g/mol. The SMILES string of the molecule is CC1CCC[I-]C(C(F)(F)F)C1. The second kappa shape index (κ2) is 4.15. The number of rotatable bonds is 0. The molecule has 0 spiro atoms. The molecule has 0 aromatic rings. The van der Waals surface area contributed by atoms with Crippen molar-refractivity contribution in [2.24, 2.45) is 5.92 Å². The summed E-state index contributed by atoms with van der Waals surface area (Å²) in [5, 5.41) is 0. The maximum atomic E-state index is 12.3. The first-order valence-electron chi connectivity index (χ1n) is 4.14. The molecule has 1 heterocycles. The molecule has 12 heavy (non-hydrogen) atoms. The zero-order valence-corrected chi connectivity index (χ0v) is 9.15. The van der Waals surface area contributed by atoms with Crippen LogP contribution in [0, 0.1) is 5.92 Å². The molecule has 1 aliphatic rings. The minimum absolute atomic E-state index is 0.277. The van der Waals surface area contributed by atoms with Crippen molar-refractivity contribution in [3.63, 3.8) is 0 Å². The van der Waals surface area contributed by atoms with E-state index in [0.29, 0.717) is 6.42 Å². The molecule has 1 rings (SSSR count). The molecule has 0 aliphatic carbocycles. The first-order valence-corrected chi connectivity index (χ1v) is 6.91. The van der Waals surface area contributed by atoms with Crippen LogP contribution >= 0.6 is 0 Å².